The minimum absolute atomic E-state index is 0.0699. The number of aromatic amines is 1. The van der Waals surface area contributed by atoms with E-state index in [0.29, 0.717) is 0 Å². The first-order valence-corrected chi connectivity index (χ1v) is 11.8. The largest absolute Gasteiger partial charge is 0.389 e. The molecule has 6 nitrogen and oxygen atoms in total. The molecule has 1 aliphatic carbocycles. The number of aromatic nitrogens is 2. The van der Waals surface area contributed by atoms with Gasteiger partial charge in [-0.05, 0) is 36.2 Å². The quantitative estimate of drug-likeness (QED) is 0.254. The van der Waals surface area contributed by atoms with Crippen LogP contribution in [0.4, 0.5) is 44.1 Å². The van der Waals surface area contributed by atoms with Crippen molar-refractivity contribution in [2.45, 2.75) is 36.0 Å². The summed E-state index contributed by atoms with van der Waals surface area (Å²) >= 11 is 0. The summed E-state index contributed by atoms with van der Waals surface area (Å²) in [4.78, 5) is 28.6. The molecule has 2 aromatic heterocycles. The second kappa shape index (κ2) is 7.32. The Labute approximate surface area is 191 Å². The maximum absolute atomic E-state index is 13.2. The lowest BCUT2D eigenvalue weighted by Gasteiger charge is -2.40. The zero-order valence-electron chi connectivity index (χ0n) is 17.3. The molecule has 0 aliphatic heterocycles. The maximum Gasteiger partial charge on any atom is 0.389 e. The molecule has 0 spiro atoms. The Morgan fingerprint density at radius 2 is 1.60 bits per heavy atom. The van der Waals surface area contributed by atoms with E-state index >= 15 is 0 Å². The molecular formula is C20H16F8N4O2S. The van der Waals surface area contributed by atoms with Gasteiger partial charge in [0.1, 0.15) is 22.8 Å². The number of nitrogens with one attached hydrogen (secondary N) is 3. The summed E-state index contributed by atoms with van der Waals surface area (Å²) in [6, 6.07) is 1.54. The highest BCUT2D eigenvalue weighted by atomic mass is 32.5. The van der Waals surface area contributed by atoms with Crippen molar-refractivity contribution in [3.8, 4) is 0 Å². The number of ketones is 2. The van der Waals surface area contributed by atoms with E-state index in [1.165, 1.54) is 24.5 Å². The first-order valence-electron chi connectivity index (χ1n) is 9.89. The molecule has 0 bridgehead atoms. The van der Waals surface area contributed by atoms with E-state index in [1.807, 2.05) is 0 Å². The molecule has 2 atom stereocenters. The Hall–Kier alpha value is -3.36. The zero-order valence-corrected chi connectivity index (χ0v) is 18.1. The molecule has 3 aromatic rings. The van der Waals surface area contributed by atoms with E-state index in [4.69, 9.17) is 0 Å². The van der Waals surface area contributed by atoms with Gasteiger partial charge in [-0.3, -0.25) is 9.59 Å². The number of alkyl halides is 3. The van der Waals surface area contributed by atoms with E-state index in [0.717, 1.165) is 6.07 Å². The van der Waals surface area contributed by atoms with Crippen molar-refractivity contribution in [1.82, 2.24) is 9.97 Å². The summed E-state index contributed by atoms with van der Waals surface area (Å²) in [5.41, 5.74) is 0.255. The van der Waals surface area contributed by atoms with Gasteiger partial charge in [-0.15, -0.1) is 0 Å². The number of nitrogens with zero attached hydrogens (tertiary/aromatic N) is 1. The van der Waals surface area contributed by atoms with Gasteiger partial charge in [0, 0.05) is 29.7 Å². The monoisotopic (exact) mass is 528 g/mol. The summed E-state index contributed by atoms with van der Waals surface area (Å²) in [6.07, 6.45) is -3.35. The molecule has 1 fully saturated rings. The van der Waals surface area contributed by atoms with Gasteiger partial charge in [0.15, 0.2) is 0 Å². The molecule has 1 aliphatic rings. The van der Waals surface area contributed by atoms with Gasteiger partial charge in [0.05, 0.1) is 5.69 Å². The number of anilines is 2. The summed E-state index contributed by atoms with van der Waals surface area (Å²) in [6.45, 7) is 0. The van der Waals surface area contributed by atoms with Crippen molar-refractivity contribution in [2.75, 3.05) is 10.6 Å². The van der Waals surface area contributed by atoms with Gasteiger partial charge >= 0.3 is 16.4 Å². The fourth-order valence-corrected chi connectivity index (χ4v) is 4.21. The fourth-order valence-electron chi connectivity index (χ4n) is 3.54. The molecular weight excluding hydrogens is 512 g/mol. The average Bonchev–Trinajstić information content (AvgIpc) is 3.15. The second-order valence-electron chi connectivity index (χ2n) is 8.02. The van der Waals surface area contributed by atoms with Gasteiger partial charge in [-0.25, -0.2) is 4.98 Å². The molecule has 0 saturated heterocycles. The molecule has 0 amide bonds. The number of benzene rings is 1. The lowest BCUT2D eigenvalue weighted by Crippen LogP contribution is -2.64. The number of carbonyl (C=O) groups is 2. The van der Waals surface area contributed by atoms with Crippen molar-refractivity contribution in [2.24, 2.45) is 0 Å². The van der Waals surface area contributed by atoms with Crippen LogP contribution in [-0.2, 0) is 16.0 Å². The third kappa shape index (κ3) is 5.33. The highest BCUT2D eigenvalue weighted by Crippen LogP contribution is 3.02. The number of Topliss-reactive ketones (excluding diaryl/α,β-unsaturated/α-hetero) is 2. The van der Waals surface area contributed by atoms with E-state index in [-0.39, 0.29) is 46.5 Å². The third-order valence-corrected chi connectivity index (χ3v) is 6.52. The molecule has 4 rings (SSSR count). The Morgan fingerprint density at radius 3 is 2.17 bits per heavy atom. The highest BCUT2D eigenvalue weighted by Gasteiger charge is 2.65. The van der Waals surface area contributed by atoms with E-state index in [2.05, 4.69) is 20.6 Å². The first-order chi connectivity index (χ1) is 15.9. The Bertz CT molecular complexity index is 1320. The molecule has 0 radical (unpaired) electrons. The summed E-state index contributed by atoms with van der Waals surface area (Å²) in [5, 5.41) is 4.96. The van der Waals surface area contributed by atoms with Crippen LogP contribution in [0.25, 0.3) is 10.9 Å². The summed E-state index contributed by atoms with van der Waals surface area (Å²) in [5.74, 6) is -1.69. The minimum atomic E-state index is -9.95. The number of rotatable bonds is 7. The molecule has 1 saturated carbocycles. The van der Waals surface area contributed by atoms with Crippen LogP contribution in [0.5, 0.6) is 0 Å². The SMILES string of the molecule is O=C1C(=O)C(Nc2c[nH]c3ccc(S(F)(F)(F)(F)F)cc23)C1Nc1ccc(CCC(F)(F)F)cn1. The lowest BCUT2D eigenvalue weighted by molar-refractivity contribution is -0.144. The number of halogens is 8. The van der Waals surface area contributed by atoms with Gasteiger partial charge in [-0.1, -0.05) is 25.5 Å². The van der Waals surface area contributed by atoms with Crippen LogP contribution >= 0.6 is 10.2 Å². The van der Waals surface area contributed by atoms with Crippen molar-refractivity contribution in [3.05, 3.63) is 48.3 Å². The number of pyridine rings is 1. The second-order valence-corrected chi connectivity index (χ2v) is 10.4. The van der Waals surface area contributed by atoms with Gasteiger partial charge < -0.3 is 15.6 Å². The molecule has 35 heavy (non-hydrogen) atoms. The van der Waals surface area contributed by atoms with E-state index in [9.17, 15) is 42.2 Å². The van der Waals surface area contributed by atoms with Crippen LogP contribution in [0, 0.1) is 0 Å². The summed E-state index contributed by atoms with van der Waals surface area (Å²) < 4.78 is 103. The maximum atomic E-state index is 13.2. The van der Waals surface area contributed by atoms with Crippen molar-refractivity contribution >= 4 is 44.2 Å². The average molecular weight is 528 g/mol. The molecule has 1 aromatic carbocycles. The van der Waals surface area contributed by atoms with Gasteiger partial charge in [0.2, 0.25) is 11.6 Å². The van der Waals surface area contributed by atoms with Crippen LogP contribution in [0.15, 0.2) is 47.6 Å². The molecule has 3 N–H and O–H groups in total. The predicted octanol–water partition coefficient (Wildman–Crippen LogP) is 6.13. The highest BCUT2D eigenvalue weighted by molar-refractivity contribution is 8.45. The molecule has 2 heterocycles. The standard InChI is InChI=1S/C20H16F8N4O2S/c21-20(22,23)6-5-10-1-4-15(30-8-10)32-17-16(18(33)19(17)34)31-14-9-29-13-3-2-11(7-12(13)14)35(24,25,26,27)28/h1-4,7-9,16-17,29,31H,5-6H2,(H,30,32). The Balaban J connectivity index is 1.52. The molecule has 2 unspecified atom stereocenters. The number of hydrogen-bond acceptors (Lipinski definition) is 5. The number of aryl methyl sites for hydroxylation is 1. The Morgan fingerprint density at radius 1 is 0.943 bits per heavy atom. The smallest absolute Gasteiger partial charge is 0.371 e. The Kier molecular flexibility index (Phi) is 5.18. The number of H-pyrrole nitrogens is 1. The number of hydrogen-bond donors (Lipinski definition) is 3. The molecule has 15 heteroatoms. The van der Waals surface area contributed by atoms with Crippen LogP contribution in [0.3, 0.4) is 0 Å². The topological polar surface area (TPSA) is 86.9 Å². The van der Waals surface area contributed by atoms with Crippen molar-refractivity contribution in [1.29, 1.82) is 0 Å². The van der Waals surface area contributed by atoms with Gasteiger partial charge in [0.25, 0.3) is 0 Å². The summed E-state index contributed by atoms with van der Waals surface area (Å²) in [7, 11) is -9.95. The van der Waals surface area contributed by atoms with Crippen LogP contribution in [0.1, 0.15) is 12.0 Å². The lowest BCUT2D eigenvalue weighted by atomic mass is 9.82. The predicted molar refractivity (Wildman–Crippen MR) is 113 cm³/mol. The van der Waals surface area contributed by atoms with Crippen LogP contribution in [0.2, 0.25) is 0 Å². The third-order valence-electron chi connectivity index (χ3n) is 5.38. The van der Waals surface area contributed by atoms with Crippen molar-refractivity contribution in [3.63, 3.8) is 0 Å². The molecule has 190 valence electrons. The van der Waals surface area contributed by atoms with Gasteiger partial charge in [-0.2, -0.15) is 13.2 Å². The zero-order chi connectivity index (χ0) is 25.9. The van der Waals surface area contributed by atoms with Crippen LogP contribution in [-0.4, -0.2) is 39.8 Å². The number of carbonyl (C=O) groups excluding carboxylic acids is 2. The number of fused-ring (bicyclic) bond motifs is 1. The normalized spacial score (nSPS) is 20.8. The first kappa shape index (κ1) is 24.8. The minimum Gasteiger partial charge on any atom is -0.371 e. The van der Waals surface area contributed by atoms with E-state index < -0.39 is 51.4 Å². The van der Waals surface area contributed by atoms with Crippen molar-refractivity contribution < 1.29 is 42.2 Å². The fraction of sp³-hybridized carbons (Fsp3) is 0.250. The van der Waals surface area contributed by atoms with Crippen LogP contribution < -0.4 is 10.6 Å². The van der Waals surface area contributed by atoms with E-state index in [1.54, 1.807) is 0 Å².